The van der Waals surface area contributed by atoms with Gasteiger partial charge >= 0.3 is 0 Å². The van der Waals surface area contributed by atoms with E-state index in [1.54, 1.807) is 17.0 Å². The number of amides is 1. The van der Waals surface area contributed by atoms with Crippen molar-refractivity contribution in [3.8, 4) is 0 Å². The van der Waals surface area contributed by atoms with Crippen molar-refractivity contribution in [2.45, 2.75) is 45.4 Å². The molecule has 0 fully saturated rings. The molecule has 27 heavy (non-hydrogen) atoms. The molecule has 0 saturated heterocycles. The third-order valence-corrected chi connectivity index (χ3v) is 6.14. The van der Waals surface area contributed by atoms with Crippen molar-refractivity contribution in [3.63, 3.8) is 0 Å². The predicted octanol–water partition coefficient (Wildman–Crippen LogP) is 3.76. The molecule has 0 unspecified atom stereocenters. The van der Waals surface area contributed by atoms with E-state index in [-0.39, 0.29) is 23.9 Å². The maximum atomic E-state index is 12.5. The van der Waals surface area contributed by atoms with Gasteiger partial charge < -0.3 is 4.90 Å². The van der Waals surface area contributed by atoms with E-state index in [1.165, 1.54) is 6.92 Å². The minimum absolute atomic E-state index is 0.126. The van der Waals surface area contributed by atoms with Crippen LogP contribution >= 0.6 is 0 Å². The number of aryl methyl sites for hydroxylation is 2. The number of carbonyl (C=O) groups is 1. The van der Waals surface area contributed by atoms with Crippen LogP contribution in [0.15, 0.2) is 47.4 Å². The molecule has 0 spiro atoms. The molecule has 0 aromatic heterocycles. The third kappa shape index (κ3) is 5.40. The van der Waals surface area contributed by atoms with Crippen LogP contribution < -0.4 is 9.62 Å². The van der Waals surface area contributed by atoms with Gasteiger partial charge in [-0.05, 0) is 60.7 Å². The van der Waals surface area contributed by atoms with Crippen molar-refractivity contribution in [2.24, 2.45) is 0 Å². The zero-order chi connectivity index (χ0) is 20.2. The van der Waals surface area contributed by atoms with Crippen molar-refractivity contribution < 1.29 is 13.2 Å². The monoisotopic (exact) mass is 388 g/mol. The van der Waals surface area contributed by atoms with E-state index in [0.29, 0.717) is 5.92 Å². The van der Waals surface area contributed by atoms with Crippen LogP contribution in [-0.2, 0) is 14.8 Å². The van der Waals surface area contributed by atoms with Crippen molar-refractivity contribution in [2.75, 3.05) is 18.0 Å². The molecule has 2 aromatic rings. The minimum Gasteiger partial charge on any atom is -0.311 e. The highest BCUT2D eigenvalue weighted by Gasteiger charge is 2.17. The van der Waals surface area contributed by atoms with Gasteiger partial charge in [-0.15, -0.1) is 0 Å². The molecule has 0 heterocycles. The summed E-state index contributed by atoms with van der Waals surface area (Å²) in [5, 5.41) is 0. The first-order valence-corrected chi connectivity index (χ1v) is 10.5. The molecule has 2 aromatic carbocycles. The van der Waals surface area contributed by atoms with E-state index < -0.39 is 10.0 Å². The summed E-state index contributed by atoms with van der Waals surface area (Å²) in [6, 6.07) is 12.7. The second-order valence-corrected chi connectivity index (χ2v) is 8.83. The summed E-state index contributed by atoms with van der Waals surface area (Å²) in [7, 11) is -3.61. The van der Waals surface area contributed by atoms with Gasteiger partial charge in [-0.3, -0.25) is 4.79 Å². The summed E-state index contributed by atoms with van der Waals surface area (Å²) in [5.74, 6) is 0.218. The number of hydrogen-bond donors (Lipinski definition) is 1. The summed E-state index contributed by atoms with van der Waals surface area (Å²) in [6.45, 7) is 10.0. The Labute approximate surface area is 162 Å². The van der Waals surface area contributed by atoms with Gasteiger partial charge in [0, 0.05) is 25.7 Å². The standard InChI is InChI=1S/C21H28N2O3S/c1-15(2)19-7-10-21(11-8-19)27(25,26)22-12-13-23(18(5)24)20-9-6-16(3)17(4)14-20/h6-11,14-15,22H,12-13H2,1-5H3. The molecular weight excluding hydrogens is 360 g/mol. The second kappa shape index (κ2) is 8.67. The van der Waals surface area contributed by atoms with Gasteiger partial charge in [-0.2, -0.15) is 0 Å². The number of sulfonamides is 1. The van der Waals surface area contributed by atoms with E-state index in [2.05, 4.69) is 18.6 Å². The van der Waals surface area contributed by atoms with Gasteiger partial charge in [-0.25, -0.2) is 13.1 Å². The van der Waals surface area contributed by atoms with Crippen molar-refractivity contribution >= 4 is 21.6 Å². The number of hydrogen-bond acceptors (Lipinski definition) is 3. The molecule has 6 heteroatoms. The SMILES string of the molecule is CC(=O)N(CCNS(=O)(=O)c1ccc(C(C)C)cc1)c1ccc(C)c(C)c1. The molecule has 1 amide bonds. The molecule has 5 nitrogen and oxygen atoms in total. The largest absolute Gasteiger partial charge is 0.311 e. The number of rotatable bonds is 7. The number of nitrogens with zero attached hydrogens (tertiary/aromatic N) is 1. The second-order valence-electron chi connectivity index (χ2n) is 7.06. The third-order valence-electron chi connectivity index (χ3n) is 4.67. The minimum atomic E-state index is -3.61. The summed E-state index contributed by atoms with van der Waals surface area (Å²) < 4.78 is 27.6. The number of nitrogens with one attached hydrogen (secondary N) is 1. The van der Waals surface area contributed by atoms with Gasteiger partial charge in [-0.1, -0.05) is 32.0 Å². The molecule has 0 radical (unpaired) electrons. The normalized spacial score (nSPS) is 11.6. The van der Waals surface area contributed by atoms with Crippen LogP contribution in [0.4, 0.5) is 5.69 Å². The number of anilines is 1. The Bertz CT molecular complexity index is 904. The van der Waals surface area contributed by atoms with Gasteiger partial charge in [0.25, 0.3) is 0 Å². The van der Waals surface area contributed by atoms with Crippen LogP contribution in [0.25, 0.3) is 0 Å². The summed E-state index contributed by atoms with van der Waals surface area (Å²) >= 11 is 0. The topological polar surface area (TPSA) is 66.5 Å². The van der Waals surface area contributed by atoms with Crippen molar-refractivity contribution in [1.82, 2.24) is 4.72 Å². The van der Waals surface area contributed by atoms with Gasteiger partial charge in [0.05, 0.1) is 4.90 Å². The molecule has 0 saturated carbocycles. The molecule has 2 rings (SSSR count). The lowest BCUT2D eigenvalue weighted by Gasteiger charge is -2.22. The molecule has 146 valence electrons. The Kier molecular flexibility index (Phi) is 6.78. The van der Waals surface area contributed by atoms with Gasteiger partial charge in [0.15, 0.2) is 0 Å². The quantitative estimate of drug-likeness (QED) is 0.785. The number of benzene rings is 2. The average Bonchev–Trinajstić information content (AvgIpc) is 2.61. The molecular formula is C21H28N2O3S. The highest BCUT2D eigenvalue weighted by atomic mass is 32.2. The first kappa shape index (κ1) is 21.1. The molecule has 1 N–H and O–H groups in total. The Morgan fingerprint density at radius 2 is 1.67 bits per heavy atom. The summed E-state index contributed by atoms with van der Waals surface area (Å²) in [4.78, 5) is 13.8. The summed E-state index contributed by atoms with van der Waals surface area (Å²) in [5.41, 5.74) is 4.09. The van der Waals surface area contributed by atoms with Crippen LogP contribution in [0.3, 0.4) is 0 Å². The fraction of sp³-hybridized carbons (Fsp3) is 0.381. The van der Waals surface area contributed by atoms with Crippen molar-refractivity contribution in [3.05, 3.63) is 59.2 Å². The van der Waals surface area contributed by atoms with Gasteiger partial charge in [0.2, 0.25) is 15.9 Å². The molecule has 0 aliphatic rings. The summed E-state index contributed by atoms with van der Waals surface area (Å²) in [6.07, 6.45) is 0. The Morgan fingerprint density at radius 1 is 1.04 bits per heavy atom. The zero-order valence-electron chi connectivity index (χ0n) is 16.6. The first-order chi connectivity index (χ1) is 12.6. The van der Waals surface area contributed by atoms with Crippen molar-refractivity contribution in [1.29, 1.82) is 0 Å². The van der Waals surface area contributed by atoms with Crippen LogP contribution in [0, 0.1) is 13.8 Å². The van der Waals surface area contributed by atoms with Crippen LogP contribution in [0.2, 0.25) is 0 Å². The zero-order valence-corrected chi connectivity index (χ0v) is 17.4. The fourth-order valence-electron chi connectivity index (χ4n) is 2.77. The van der Waals surface area contributed by atoms with Crippen LogP contribution in [0.5, 0.6) is 0 Å². The molecule has 0 atom stereocenters. The van der Waals surface area contributed by atoms with E-state index in [1.807, 2.05) is 44.2 Å². The lowest BCUT2D eigenvalue weighted by atomic mass is 10.0. The Balaban J connectivity index is 2.07. The van der Waals surface area contributed by atoms with E-state index in [0.717, 1.165) is 22.4 Å². The van der Waals surface area contributed by atoms with Gasteiger partial charge in [0.1, 0.15) is 0 Å². The highest BCUT2D eigenvalue weighted by molar-refractivity contribution is 7.89. The lowest BCUT2D eigenvalue weighted by Crippen LogP contribution is -2.37. The Hall–Kier alpha value is -2.18. The molecule has 0 bridgehead atoms. The lowest BCUT2D eigenvalue weighted by molar-refractivity contribution is -0.116. The Morgan fingerprint density at radius 3 is 2.19 bits per heavy atom. The predicted molar refractivity (Wildman–Crippen MR) is 110 cm³/mol. The van der Waals surface area contributed by atoms with Crippen LogP contribution in [-0.4, -0.2) is 27.4 Å². The maximum Gasteiger partial charge on any atom is 0.240 e. The maximum absolute atomic E-state index is 12.5. The first-order valence-electron chi connectivity index (χ1n) is 9.07. The van der Waals surface area contributed by atoms with E-state index in [9.17, 15) is 13.2 Å². The van der Waals surface area contributed by atoms with E-state index >= 15 is 0 Å². The fourth-order valence-corrected chi connectivity index (χ4v) is 3.79. The highest BCUT2D eigenvalue weighted by Crippen LogP contribution is 2.19. The molecule has 0 aliphatic heterocycles. The molecule has 0 aliphatic carbocycles. The average molecular weight is 389 g/mol. The van der Waals surface area contributed by atoms with E-state index in [4.69, 9.17) is 0 Å². The number of carbonyl (C=O) groups excluding carboxylic acids is 1. The smallest absolute Gasteiger partial charge is 0.240 e. The van der Waals surface area contributed by atoms with Crippen LogP contribution in [0.1, 0.15) is 43.4 Å².